The number of nitrogens with one attached hydrogen (secondary N) is 1. The highest BCUT2D eigenvalue weighted by molar-refractivity contribution is 7.89. The predicted molar refractivity (Wildman–Crippen MR) is 88.5 cm³/mol. The molecule has 8 heteroatoms. The summed E-state index contributed by atoms with van der Waals surface area (Å²) in [6.45, 7) is 4.14. The van der Waals surface area contributed by atoms with Crippen molar-refractivity contribution < 1.29 is 16.8 Å². The summed E-state index contributed by atoms with van der Waals surface area (Å²) >= 11 is 0. The molecule has 0 unspecified atom stereocenters. The van der Waals surface area contributed by atoms with Gasteiger partial charge in [-0.1, -0.05) is 36.8 Å². The molecule has 0 saturated heterocycles. The lowest BCUT2D eigenvalue weighted by atomic mass is 10.1. The molecule has 0 atom stereocenters. The second-order valence-corrected chi connectivity index (χ2v) is 9.20. The molecule has 0 heterocycles. The van der Waals surface area contributed by atoms with Gasteiger partial charge >= 0.3 is 0 Å². The SMILES string of the molecule is CCCS(=O)(=O)NCCN(Cc1ccc(C)cc1)S(C)(=O)=O. The Labute approximate surface area is 133 Å². The molecule has 0 aliphatic carbocycles. The maximum absolute atomic E-state index is 11.8. The molecule has 1 rings (SSSR count). The fraction of sp³-hybridized carbons (Fsp3) is 0.571. The van der Waals surface area contributed by atoms with Crippen molar-refractivity contribution in [2.24, 2.45) is 0 Å². The van der Waals surface area contributed by atoms with Crippen LogP contribution in [0.25, 0.3) is 0 Å². The van der Waals surface area contributed by atoms with Crippen LogP contribution in [0.4, 0.5) is 0 Å². The van der Waals surface area contributed by atoms with Gasteiger partial charge in [0.25, 0.3) is 0 Å². The monoisotopic (exact) mass is 348 g/mol. The maximum atomic E-state index is 11.8. The van der Waals surface area contributed by atoms with Crippen LogP contribution in [0.1, 0.15) is 24.5 Å². The van der Waals surface area contributed by atoms with Crippen LogP contribution in [-0.2, 0) is 26.6 Å². The summed E-state index contributed by atoms with van der Waals surface area (Å²) in [5.41, 5.74) is 1.97. The van der Waals surface area contributed by atoms with Crippen molar-refractivity contribution in [3.63, 3.8) is 0 Å². The molecule has 22 heavy (non-hydrogen) atoms. The standard InChI is InChI=1S/C14H24N2O4S2/c1-4-11-22(19,20)15-9-10-16(21(3,17)18)12-14-7-5-13(2)6-8-14/h5-8,15H,4,9-12H2,1-3H3. The molecule has 1 aromatic carbocycles. The molecule has 1 aromatic rings. The van der Waals surface area contributed by atoms with Crippen LogP contribution < -0.4 is 4.72 Å². The fourth-order valence-electron chi connectivity index (χ4n) is 1.93. The fourth-order valence-corrected chi connectivity index (χ4v) is 3.82. The van der Waals surface area contributed by atoms with Gasteiger partial charge in [-0.25, -0.2) is 21.6 Å². The lowest BCUT2D eigenvalue weighted by Crippen LogP contribution is -2.38. The van der Waals surface area contributed by atoms with E-state index in [1.165, 1.54) is 4.31 Å². The van der Waals surface area contributed by atoms with E-state index in [4.69, 9.17) is 0 Å². The lowest BCUT2D eigenvalue weighted by molar-refractivity contribution is 0.412. The summed E-state index contributed by atoms with van der Waals surface area (Å²) in [5, 5.41) is 0. The predicted octanol–water partition coefficient (Wildman–Crippen LogP) is 1.09. The Hall–Kier alpha value is -0.960. The minimum atomic E-state index is -3.40. The second kappa shape index (κ2) is 8.05. The Morgan fingerprint density at radius 1 is 1.09 bits per heavy atom. The van der Waals surface area contributed by atoms with Gasteiger partial charge in [-0.2, -0.15) is 4.31 Å². The minimum absolute atomic E-state index is 0.0455. The van der Waals surface area contributed by atoms with E-state index in [2.05, 4.69) is 4.72 Å². The van der Waals surface area contributed by atoms with Gasteiger partial charge in [0.2, 0.25) is 20.0 Å². The van der Waals surface area contributed by atoms with Crippen LogP contribution >= 0.6 is 0 Å². The first-order chi connectivity index (χ1) is 10.1. The van der Waals surface area contributed by atoms with Crippen molar-refractivity contribution in [3.8, 4) is 0 Å². The van der Waals surface area contributed by atoms with Crippen molar-refractivity contribution in [1.29, 1.82) is 0 Å². The third-order valence-corrected chi connectivity index (χ3v) is 5.94. The third kappa shape index (κ3) is 6.87. The van der Waals surface area contributed by atoms with E-state index < -0.39 is 20.0 Å². The average molecular weight is 348 g/mol. The van der Waals surface area contributed by atoms with Gasteiger partial charge in [0.1, 0.15) is 0 Å². The first-order valence-corrected chi connectivity index (χ1v) is 10.6. The van der Waals surface area contributed by atoms with Crippen molar-refractivity contribution in [1.82, 2.24) is 9.03 Å². The number of hydrogen-bond donors (Lipinski definition) is 1. The molecule has 0 bridgehead atoms. The Morgan fingerprint density at radius 2 is 1.68 bits per heavy atom. The molecule has 0 aliphatic heterocycles. The van der Waals surface area contributed by atoms with Gasteiger partial charge in [0.15, 0.2) is 0 Å². The van der Waals surface area contributed by atoms with E-state index >= 15 is 0 Å². The summed E-state index contributed by atoms with van der Waals surface area (Å²) in [5.74, 6) is 0.0455. The van der Waals surface area contributed by atoms with E-state index in [0.29, 0.717) is 6.42 Å². The number of aryl methyl sites for hydroxylation is 1. The van der Waals surface area contributed by atoms with E-state index in [-0.39, 0.29) is 25.4 Å². The van der Waals surface area contributed by atoms with Gasteiger partial charge in [-0.05, 0) is 18.9 Å². The summed E-state index contributed by atoms with van der Waals surface area (Å²) < 4.78 is 50.5. The Kier molecular flexibility index (Phi) is 6.98. The third-order valence-electron chi connectivity index (χ3n) is 3.10. The van der Waals surface area contributed by atoms with Gasteiger partial charge < -0.3 is 0 Å². The van der Waals surface area contributed by atoms with E-state index in [9.17, 15) is 16.8 Å². The highest BCUT2D eigenvalue weighted by Gasteiger charge is 2.18. The van der Waals surface area contributed by atoms with Crippen LogP contribution in [0.3, 0.4) is 0 Å². The molecule has 0 aliphatic rings. The van der Waals surface area contributed by atoms with Crippen LogP contribution in [0.2, 0.25) is 0 Å². The summed E-state index contributed by atoms with van der Waals surface area (Å²) in [6, 6.07) is 7.57. The zero-order valence-electron chi connectivity index (χ0n) is 13.2. The normalized spacial score (nSPS) is 12.7. The maximum Gasteiger partial charge on any atom is 0.211 e. The lowest BCUT2D eigenvalue weighted by Gasteiger charge is -2.20. The largest absolute Gasteiger partial charge is 0.214 e. The van der Waals surface area contributed by atoms with E-state index in [1.807, 2.05) is 31.2 Å². The van der Waals surface area contributed by atoms with E-state index in [0.717, 1.165) is 17.4 Å². The number of benzene rings is 1. The zero-order valence-corrected chi connectivity index (χ0v) is 14.9. The van der Waals surface area contributed by atoms with Crippen molar-refractivity contribution >= 4 is 20.0 Å². The van der Waals surface area contributed by atoms with Crippen LogP contribution in [0.15, 0.2) is 24.3 Å². The first-order valence-electron chi connectivity index (χ1n) is 7.12. The number of sulfonamides is 2. The summed E-state index contributed by atoms with van der Waals surface area (Å²) in [7, 11) is -6.73. The van der Waals surface area contributed by atoms with Crippen LogP contribution in [-0.4, -0.2) is 46.2 Å². The molecule has 1 N–H and O–H groups in total. The Balaban J connectivity index is 2.69. The highest BCUT2D eigenvalue weighted by Crippen LogP contribution is 2.09. The number of nitrogens with zero attached hydrogens (tertiary/aromatic N) is 1. The second-order valence-electron chi connectivity index (χ2n) is 5.30. The van der Waals surface area contributed by atoms with Crippen molar-refractivity contribution in [2.75, 3.05) is 25.1 Å². The van der Waals surface area contributed by atoms with Crippen LogP contribution in [0.5, 0.6) is 0 Å². The van der Waals surface area contributed by atoms with Gasteiger partial charge in [0, 0.05) is 19.6 Å². The molecular formula is C14H24N2O4S2. The van der Waals surface area contributed by atoms with Crippen molar-refractivity contribution in [3.05, 3.63) is 35.4 Å². The molecule has 0 aromatic heterocycles. The van der Waals surface area contributed by atoms with E-state index in [1.54, 1.807) is 6.92 Å². The molecule has 126 valence electrons. The molecule has 6 nitrogen and oxygen atoms in total. The molecule has 0 saturated carbocycles. The first kappa shape index (κ1) is 19.1. The van der Waals surface area contributed by atoms with Crippen molar-refractivity contribution in [2.45, 2.75) is 26.8 Å². The number of hydrogen-bond acceptors (Lipinski definition) is 4. The van der Waals surface area contributed by atoms with Crippen LogP contribution in [0, 0.1) is 6.92 Å². The highest BCUT2D eigenvalue weighted by atomic mass is 32.2. The molecular weight excluding hydrogens is 324 g/mol. The Bertz CT molecular complexity index is 667. The topological polar surface area (TPSA) is 83.6 Å². The van der Waals surface area contributed by atoms with Gasteiger partial charge in [-0.15, -0.1) is 0 Å². The average Bonchev–Trinajstić information content (AvgIpc) is 2.38. The number of rotatable bonds is 9. The summed E-state index contributed by atoms with van der Waals surface area (Å²) in [4.78, 5) is 0. The zero-order chi connectivity index (χ0) is 16.8. The smallest absolute Gasteiger partial charge is 0.211 e. The summed E-state index contributed by atoms with van der Waals surface area (Å²) in [6.07, 6.45) is 1.65. The Morgan fingerprint density at radius 3 is 2.18 bits per heavy atom. The molecule has 0 fully saturated rings. The molecule has 0 radical (unpaired) electrons. The van der Waals surface area contributed by atoms with Gasteiger partial charge in [-0.3, -0.25) is 0 Å². The molecule has 0 amide bonds. The minimum Gasteiger partial charge on any atom is -0.214 e. The quantitative estimate of drug-likeness (QED) is 0.724. The molecule has 0 spiro atoms. The van der Waals surface area contributed by atoms with Gasteiger partial charge in [0.05, 0.1) is 12.0 Å².